The van der Waals surface area contributed by atoms with Gasteiger partial charge in [-0.15, -0.1) is 11.8 Å². The molecule has 0 atom stereocenters. The molecule has 0 heterocycles. The number of hydrogen-bond acceptors (Lipinski definition) is 4. The second kappa shape index (κ2) is 6.67. The van der Waals surface area contributed by atoms with Crippen molar-refractivity contribution in [3.8, 4) is 11.5 Å². The number of oxime groups is 1. The van der Waals surface area contributed by atoms with Gasteiger partial charge in [-0.25, -0.2) is 0 Å². The Morgan fingerprint density at radius 3 is 2.70 bits per heavy atom. The van der Waals surface area contributed by atoms with Gasteiger partial charge in [0.05, 0.1) is 5.56 Å². The highest BCUT2D eigenvalue weighted by Crippen LogP contribution is 2.33. The first kappa shape index (κ1) is 14.7. The van der Waals surface area contributed by atoms with Crippen molar-refractivity contribution >= 4 is 33.5 Å². The van der Waals surface area contributed by atoms with E-state index >= 15 is 0 Å². The van der Waals surface area contributed by atoms with Crippen LogP contribution >= 0.6 is 27.7 Å². The van der Waals surface area contributed by atoms with E-state index in [-0.39, 0.29) is 5.84 Å². The number of nitrogens with zero attached hydrogens (tertiary/aromatic N) is 1. The van der Waals surface area contributed by atoms with Crippen molar-refractivity contribution in [2.75, 3.05) is 6.26 Å². The van der Waals surface area contributed by atoms with E-state index in [0.29, 0.717) is 11.3 Å². The maximum Gasteiger partial charge on any atom is 0.173 e. The lowest BCUT2D eigenvalue weighted by atomic mass is 10.2. The molecular formula is C14H13BrN2O2S. The van der Waals surface area contributed by atoms with Crippen LogP contribution < -0.4 is 10.5 Å². The summed E-state index contributed by atoms with van der Waals surface area (Å²) in [5, 5.41) is 11.9. The van der Waals surface area contributed by atoms with E-state index in [1.165, 1.54) is 0 Å². The Kier molecular flexibility index (Phi) is 4.92. The van der Waals surface area contributed by atoms with Gasteiger partial charge in [-0.3, -0.25) is 0 Å². The fourth-order valence-corrected chi connectivity index (χ4v) is 2.55. The van der Waals surface area contributed by atoms with Crippen molar-refractivity contribution < 1.29 is 9.94 Å². The van der Waals surface area contributed by atoms with Crippen LogP contribution in [0.2, 0.25) is 0 Å². The molecule has 0 aliphatic heterocycles. The summed E-state index contributed by atoms with van der Waals surface area (Å²) >= 11 is 4.95. The number of rotatable bonds is 4. The molecule has 0 saturated carbocycles. The van der Waals surface area contributed by atoms with Crippen LogP contribution in [0.25, 0.3) is 0 Å². The average Bonchev–Trinajstić information content (AvgIpc) is 2.48. The Hall–Kier alpha value is -1.66. The van der Waals surface area contributed by atoms with Crippen LogP contribution in [0.15, 0.2) is 57.0 Å². The molecule has 0 aliphatic rings. The normalized spacial score (nSPS) is 11.4. The molecule has 0 radical (unpaired) electrons. The molecule has 6 heteroatoms. The van der Waals surface area contributed by atoms with Crippen LogP contribution in [0, 0.1) is 0 Å². The first-order chi connectivity index (χ1) is 9.65. The predicted octanol–water partition coefficient (Wildman–Crippen LogP) is 4.06. The highest BCUT2D eigenvalue weighted by atomic mass is 79.9. The van der Waals surface area contributed by atoms with Gasteiger partial charge in [-0.2, -0.15) is 0 Å². The Labute approximate surface area is 129 Å². The number of amidine groups is 1. The second-order valence-electron chi connectivity index (χ2n) is 3.88. The monoisotopic (exact) mass is 352 g/mol. The number of halogens is 1. The molecule has 0 unspecified atom stereocenters. The summed E-state index contributed by atoms with van der Waals surface area (Å²) in [6, 6.07) is 13.1. The maximum absolute atomic E-state index is 8.86. The van der Waals surface area contributed by atoms with E-state index in [1.54, 1.807) is 23.9 Å². The molecule has 0 amide bonds. The Morgan fingerprint density at radius 2 is 2.00 bits per heavy atom. The number of hydrogen-bond donors (Lipinski definition) is 2. The standard InChI is InChI=1S/C14H13BrN2O2S/c1-20-13-5-3-2-4-12(13)19-11-7-6-9(15)8-10(11)14(16)17-18/h2-8,18H,1H3,(H2,16,17). The van der Waals surface area contributed by atoms with Gasteiger partial charge in [0, 0.05) is 9.37 Å². The highest BCUT2D eigenvalue weighted by molar-refractivity contribution is 9.10. The number of thioether (sulfide) groups is 1. The first-order valence-corrected chi connectivity index (χ1v) is 7.76. The molecule has 4 nitrogen and oxygen atoms in total. The van der Waals surface area contributed by atoms with Gasteiger partial charge in [0.25, 0.3) is 0 Å². The van der Waals surface area contributed by atoms with Crippen LogP contribution in [0.3, 0.4) is 0 Å². The first-order valence-electron chi connectivity index (χ1n) is 5.74. The average molecular weight is 353 g/mol. The molecule has 2 aromatic rings. The SMILES string of the molecule is CSc1ccccc1Oc1ccc(Br)cc1/C(N)=N/O. The zero-order chi connectivity index (χ0) is 14.5. The van der Waals surface area contributed by atoms with E-state index in [2.05, 4.69) is 21.1 Å². The molecule has 0 aliphatic carbocycles. The minimum atomic E-state index is 0.00272. The van der Waals surface area contributed by atoms with Gasteiger partial charge in [0.15, 0.2) is 5.84 Å². The zero-order valence-electron chi connectivity index (χ0n) is 10.7. The molecule has 104 valence electrons. The Bertz CT molecular complexity index is 647. The lowest BCUT2D eigenvalue weighted by molar-refractivity contribution is 0.318. The molecule has 20 heavy (non-hydrogen) atoms. The van der Waals surface area contributed by atoms with Crippen molar-refractivity contribution in [3.63, 3.8) is 0 Å². The van der Waals surface area contributed by atoms with Gasteiger partial charge in [-0.1, -0.05) is 33.2 Å². The van der Waals surface area contributed by atoms with E-state index in [0.717, 1.165) is 15.1 Å². The van der Waals surface area contributed by atoms with Crippen LogP contribution in [0.5, 0.6) is 11.5 Å². The Morgan fingerprint density at radius 1 is 1.25 bits per heavy atom. The van der Waals surface area contributed by atoms with E-state index < -0.39 is 0 Å². The summed E-state index contributed by atoms with van der Waals surface area (Å²) < 4.78 is 6.72. The zero-order valence-corrected chi connectivity index (χ0v) is 13.1. The number of nitrogens with two attached hydrogens (primary N) is 1. The molecule has 0 saturated heterocycles. The summed E-state index contributed by atoms with van der Waals surface area (Å²) in [7, 11) is 0. The van der Waals surface area contributed by atoms with Crippen LogP contribution in [0.1, 0.15) is 5.56 Å². The minimum Gasteiger partial charge on any atom is -0.455 e. The fourth-order valence-electron chi connectivity index (χ4n) is 1.67. The largest absolute Gasteiger partial charge is 0.455 e. The predicted molar refractivity (Wildman–Crippen MR) is 84.9 cm³/mol. The maximum atomic E-state index is 8.86. The van der Waals surface area contributed by atoms with E-state index in [4.69, 9.17) is 15.7 Å². The van der Waals surface area contributed by atoms with E-state index in [9.17, 15) is 0 Å². The third-order valence-corrected chi connectivity index (χ3v) is 3.88. The van der Waals surface area contributed by atoms with Crippen LogP contribution in [0.4, 0.5) is 0 Å². The van der Waals surface area contributed by atoms with Gasteiger partial charge in [0.1, 0.15) is 11.5 Å². The molecule has 3 N–H and O–H groups in total. The van der Waals surface area contributed by atoms with Gasteiger partial charge in [0.2, 0.25) is 0 Å². The lowest BCUT2D eigenvalue weighted by Crippen LogP contribution is -2.14. The molecular weight excluding hydrogens is 340 g/mol. The summed E-state index contributed by atoms with van der Waals surface area (Å²) in [5.74, 6) is 1.27. The van der Waals surface area contributed by atoms with Crippen molar-refractivity contribution in [1.29, 1.82) is 0 Å². The summed E-state index contributed by atoms with van der Waals surface area (Å²) in [4.78, 5) is 1.01. The van der Waals surface area contributed by atoms with Crippen molar-refractivity contribution in [2.24, 2.45) is 10.9 Å². The number of ether oxygens (including phenoxy) is 1. The summed E-state index contributed by atoms with van der Waals surface area (Å²) in [6.07, 6.45) is 1.98. The number of benzene rings is 2. The van der Waals surface area contributed by atoms with Gasteiger partial charge < -0.3 is 15.7 Å². The number of para-hydroxylation sites is 1. The van der Waals surface area contributed by atoms with Crippen LogP contribution in [-0.4, -0.2) is 17.3 Å². The lowest BCUT2D eigenvalue weighted by Gasteiger charge is -2.13. The van der Waals surface area contributed by atoms with Crippen molar-refractivity contribution in [1.82, 2.24) is 0 Å². The summed E-state index contributed by atoms with van der Waals surface area (Å²) in [6.45, 7) is 0. The molecule has 0 spiro atoms. The third-order valence-electron chi connectivity index (χ3n) is 2.61. The van der Waals surface area contributed by atoms with Crippen molar-refractivity contribution in [3.05, 3.63) is 52.5 Å². The molecule has 0 bridgehead atoms. The van der Waals surface area contributed by atoms with Gasteiger partial charge in [-0.05, 0) is 36.6 Å². The van der Waals surface area contributed by atoms with Crippen LogP contribution in [-0.2, 0) is 0 Å². The van der Waals surface area contributed by atoms with Gasteiger partial charge >= 0.3 is 0 Å². The summed E-state index contributed by atoms with van der Waals surface area (Å²) in [5.41, 5.74) is 6.21. The van der Waals surface area contributed by atoms with E-state index in [1.807, 2.05) is 36.6 Å². The quantitative estimate of drug-likeness (QED) is 0.286. The molecule has 2 rings (SSSR count). The Balaban J connectivity index is 2.43. The fraction of sp³-hybridized carbons (Fsp3) is 0.0714. The molecule has 0 fully saturated rings. The molecule has 2 aromatic carbocycles. The molecule has 0 aromatic heterocycles. The smallest absolute Gasteiger partial charge is 0.173 e. The second-order valence-corrected chi connectivity index (χ2v) is 5.64. The highest BCUT2D eigenvalue weighted by Gasteiger charge is 2.12. The third kappa shape index (κ3) is 3.26. The van der Waals surface area contributed by atoms with Crippen molar-refractivity contribution in [2.45, 2.75) is 4.90 Å². The minimum absolute atomic E-state index is 0.00272. The topological polar surface area (TPSA) is 67.8 Å².